The SMILES string of the molecule is CC1(C)OC(=O)N(c2ccc(C(=O)CNc3ccc(Cl)nn3)cc2)[C@H]1c1ccccc1. The van der Waals surface area contributed by atoms with Crippen molar-refractivity contribution in [1.29, 1.82) is 0 Å². The number of cyclic esters (lactones) is 1. The van der Waals surface area contributed by atoms with E-state index in [4.69, 9.17) is 16.3 Å². The molecule has 1 aromatic heterocycles. The van der Waals surface area contributed by atoms with Gasteiger partial charge >= 0.3 is 6.09 Å². The zero-order valence-corrected chi connectivity index (χ0v) is 17.8. The van der Waals surface area contributed by atoms with Gasteiger partial charge in [0, 0.05) is 11.3 Å². The minimum Gasteiger partial charge on any atom is -0.441 e. The molecule has 2 aromatic carbocycles. The predicted octanol–water partition coefficient (Wildman–Crippen LogP) is 4.90. The summed E-state index contributed by atoms with van der Waals surface area (Å²) in [5, 5.41) is 10.8. The average molecular weight is 437 g/mol. The summed E-state index contributed by atoms with van der Waals surface area (Å²) in [6.45, 7) is 3.85. The van der Waals surface area contributed by atoms with Gasteiger partial charge in [0.15, 0.2) is 10.9 Å². The number of carbonyl (C=O) groups excluding carboxylic acids is 2. The third-order valence-corrected chi connectivity index (χ3v) is 5.31. The Bertz CT molecular complexity index is 1090. The molecular formula is C23H21ClN4O3. The number of anilines is 2. The van der Waals surface area contributed by atoms with E-state index in [1.54, 1.807) is 41.3 Å². The van der Waals surface area contributed by atoms with Crippen molar-refractivity contribution >= 4 is 35.0 Å². The summed E-state index contributed by atoms with van der Waals surface area (Å²) < 4.78 is 5.64. The quantitative estimate of drug-likeness (QED) is 0.553. The van der Waals surface area contributed by atoms with E-state index in [0.29, 0.717) is 17.1 Å². The van der Waals surface area contributed by atoms with Crippen LogP contribution in [0.3, 0.4) is 0 Å². The number of nitrogens with one attached hydrogen (secondary N) is 1. The lowest BCUT2D eigenvalue weighted by Gasteiger charge is -2.29. The molecule has 0 saturated carbocycles. The third-order valence-electron chi connectivity index (χ3n) is 5.11. The van der Waals surface area contributed by atoms with Crippen molar-refractivity contribution < 1.29 is 14.3 Å². The van der Waals surface area contributed by atoms with Crippen molar-refractivity contribution in [2.24, 2.45) is 0 Å². The molecule has 158 valence electrons. The van der Waals surface area contributed by atoms with Gasteiger partial charge in [-0.15, -0.1) is 10.2 Å². The first-order valence-electron chi connectivity index (χ1n) is 9.79. The summed E-state index contributed by atoms with van der Waals surface area (Å²) in [7, 11) is 0. The molecular weight excluding hydrogens is 416 g/mol. The molecule has 0 unspecified atom stereocenters. The third kappa shape index (κ3) is 4.36. The van der Waals surface area contributed by atoms with Gasteiger partial charge in [-0.2, -0.15) is 0 Å². The van der Waals surface area contributed by atoms with Crippen LogP contribution in [0.15, 0.2) is 66.7 Å². The fourth-order valence-corrected chi connectivity index (χ4v) is 3.78. The van der Waals surface area contributed by atoms with Gasteiger partial charge < -0.3 is 10.1 Å². The highest BCUT2D eigenvalue weighted by Gasteiger charge is 2.49. The number of Topliss-reactive ketones (excluding diaryl/α,β-unsaturated/α-hetero) is 1. The normalized spacial score (nSPS) is 17.3. The van der Waals surface area contributed by atoms with E-state index in [2.05, 4.69) is 15.5 Å². The number of rotatable bonds is 6. The number of ether oxygens (including phenoxy) is 1. The molecule has 0 radical (unpaired) electrons. The maximum absolute atomic E-state index is 12.7. The van der Waals surface area contributed by atoms with E-state index in [9.17, 15) is 9.59 Å². The zero-order valence-electron chi connectivity index (χ0n) is 17.1. The van der Waals surface area contributed by atoms with E-state index in [1.165, 1.54) is 0 Å². The van der Waals surface area contributed by atoms with Gasteiger partial charge in [0.25, 0.3) is 0 Å². The van der Waals surface area contributed by atoms with Gasteiger partial charge in [-0.3, -0.25) is 9.69 Å². The zero-order chi connectivity index (χ0) is 22.0. The number of aromatic nitrogens is 2. The highest BCUT2D eigenvalue weighted by molar-refractivity contribution is 6.29. The Hall–Kier alpha value is -3.45. The number of benzene rings is 2. The van der Waals surface area contributed by atoms with Crippen LogP contribution in [0.1, 0.15) is 35.8 Å². The fourth-order valence-electron chi connectivity index (χ4n) is 3.68. The molecule has 1 saturated heterocycles. The monoisotopic (exact) mass is 436 g/mol. The molecule has 0 aliphatic carbocycles. The molecule has 31 heavy (non-hydrogen) atoms. The summed E-state index contributed by atoms with van der Waals surface area (Å²) in [6.07, 6.45) is -0.416. The predicted molar refractivity (Wildman–Crippen MR) is 119 cm³/mol. The average Bonchev–Trinajstić information content (AvgIpc) is 3.02. The Balaban J connectivity index is 1.51. The van der Waals surface area contributed by atoms with Crippen LogP contribution in [0.25, 0.3) is 0 Å². The van der Waals surface area contributed by atoms with Crippen molar-refractivity contribution in [3.63, 3.8) is 0 Å². The first-order chi connectivity index (χ1) is 14.8. The van der Waals surface area contributed by atoms with Crippen LogP contribution in [0.5, 0.6) is 0 Å². The summed E-state index contributed by atoms with van der Waals surface area (Å²) in [5.74, 6) is 0.342. The van der Waals surface area contributed by atoms with Crippen LogP contribution in [-0.4, -0.2) is 34.2 Å². The second-order valence-electron chi connectivity index (χ2n) is 7.72. The van der Waals surface area contributed by atoms with Gasteiger partial charge in [-0.05, 0) is 55.8 Å². The molecule has 1 aliphatic heterocycles. The standard InChI is InChI=1S/C23H21ClN4O3/c1-23(2)21(16-6-4-3-5-7-16)28(22(30)31-23)17-10-8-15(9-11-17)18(29)14-25-20-13-12-19(24)26-27-20/h3-13,21H,14H2,1-2H3,(H,25,27)/t21-/m0/s1. The van der Waals surface area contributed by atoms with Gasteiger partial charge in [-0.1, -0.05) is 41.9 Å². The maximum atomic E-state index is 12.7. The molecule has 4 rings (SSSR count). The Labute approximate surface area is 185 Å². The summed E-state index contributed by atoms with van der Waals surface area (Å²) in [5.41, 5.74) is 1.46. The molecule has 1 aliphatic rings. The molecule has 3 aromatic rings. The van der Waals surface area contributed by atoms with Crippen LogP contribution >= 0.6 is 11.6 Å². The smallest absolute Gasteiger partial charge is 0.415 e. The Morgan fingerprint density at radius 1 is 1.06 bits per heavy atom. The topological polar surface area (TPSA) is 84.4 Å². The number of ketones is 1. The maximum Gasteiger partial charge on any atom is 0.415 e. The molecule has 7 nitrogen and oxygen atoms in total. The lowest BCUT2D eigenvalue weighted by Crippen LogP contribution is -2.33. The van der Waals surface area contributed by atoms with Crippen LogP contribution < -0.4 is 10.2 Å². The summed E-state index contributed by atoms with van der Waals surface area (Å²) in [4.78, 5) is 26.8. The number of carbonyl (C=O) groups is 2. The molecule has 0 spiro atoms. The van der Waals surface area contributed by atoms with E-state index in [1.807, 2.05) is 44.2 Å². The van der Waals surface area contributed by atoms with Crippen molar-refractivity contribution in [3.05, 3.63) is 83.0 Å². The van der Waals surface area contributed by atoms with Crippen LogP contribution in [0.2, 0.25) is 5.15 Å². The van der Waals surface area contributed by atoms with E-state index >= 15 is 0 Å². The van der Waals surface area contributed by atoms with Gasteiger partial charge in [0.2, 0.25) is 0 Å². The molecule has 0 bridgehead atoms. The summed E-state index contributed by atoms with van der Waals surface area (Å²) in [6, 6.07) is 19.6. The van der Waals surface area contributed by atoms with Crippen molar-refractivity contribution in [3.8, 4) is 0 Å². The molecule has 1 amide bonds. The lowest BCUT2D eigenvalue weighted by atomic mass is 9.91. The molecule has 1 fully saturated rings. The summed E-state index contributed by atoms with van der Waals surface area (Å²) >= 11 is 5.71. The van der Waals surface area contributed by atoms with Crippen LogP contribution in [0.4, 0.5) is 16.3 Å². The minimum absolute atomic E-state index is 0.0566. The van der Waals surface area contributed by atoms with Gasteiger partial charge in [-0.25, -0.2) is 4.79 Å². The van der Waals surface area contributed by atoms with Crippen molar-refractivity contribution in [1.82, 2.24) is 10.2 Å². The second kappa shape index (κ2) is 8.35. The van der Waals surface area contributed by atoms with Crippen molar-refractivity contribution in [2.75, 3.05) is 16.8 Å². The Morgan fingerprint density at radius 3 is 2.42 bits per heavy atom. The fraction of sp³-hybridized carbons (Fsp3) is 0.217. The van der Waals surface area contributed by atoms with E-state index in [0.717, 1.165) is 5.56 Å². The first kappa shape index (κ1) is 20.8. The lowest BCUT2D eigenvalue weighted by molar-refractivity contribution is 0.0685. The van der Waals surface area contributed by atoms with Gasteiger partial charge in [0.05, 0.1) is 6.54 Å². The second-order valence-corrected chi connectivity index (χ2v) is 8.11. The highest BCUT2D eigenvalue weighted by atomic mass is 35.5. The van der Waals surface area contributed by atoms with E-state index < -0.39 is 11.7 Å². The number of halogens is 1. The highest BCUT2D eigenvalue weighted by Crippen LogP contribution is 2.43. The number of hydrogen-bond donors (Lipinski definition) is 1. The molecule has 2 heterocycles. The first-order valence-corrected chi connectivity index (χ1v) is 10.2. The molecule has 8 heteroatoms. The van der Waals surface area contributed by atoms with Crippen molar-refractivity contribution in [2.45, 2.75) is 25.5 Å². The number of amides is 1. The van der Waals surface area contributed by atoms with Crippen LogP contribution in [0, 0.1) is 0 Å². The minimum atomic E-state index is -0.698. The largest absolute Gasteiger partial charge is 0.441 e. The van der Waals surface area contributed by atoms with Gasteiger partial charge in [0.1, 0.15) is 17.5 Å². The molecule has 1 atom stereocenters. The molecule has 1 N–H and O–H groups in total. The Morgan fingerprint density at radius 2 is 1.77 bits per heavy atom. The number of hydrogen-bond acceptors (Lipinski definition) is 6. The van der Waals surface area contributed by atoms with E-state index in [-0.39, 0.29) is 23.5 Å². The Kier molecular flexibility index (Phi) is 5.61. The number of nitrogens with zero attached hydrogens (tertiary/aromatic N) is 3. The van der Waals surface area contributed by atoms with Crippen LogP contribution in [-0.2, 0) is 4.74 Å².